The molecule has 0 fully saturated rings. The number of ether oxygens (including phenoxy) is 1. The third-order valence-corrected chi connectivity index (χ3v) is 4.96. The van der Waals surface area contributed by atoms with E-state index in [9.17, 15) is 13.2 Å². The topological polar surface area (TPSA) is 63.2 Å². The molecule has 140 valence electrons. The van der Waals surface area contributed by atoms with Crippen molar-refractivity contribution < 1.29 is 17.9 Å². The van der Waals surface area contributed by atoms with Crippen molar-refractivity contribution in [3.8, 4) is 5.75 Å². The lowest BCUT2D eigenvalue weighted by atomic mass is 9.82. The second kappa shape index (κ2) is 6.26. The highest BCUT2D eigenvalue weighted by molar-refractivity contribution is 9.10. The Morgan fingerprint density at radius 1 is 1.11 bits per heavy atom. The van der Waals surface area contributed by atoms with Crippen molar-refractivity contribution in [1.82, 2.24) is 4.90 Å². The van der Waals surface area contributed by atoms with Gasteiger partial charge < -0.3 is 10.5 Å². The lowest BCUT2D eigenvalue weighted by Crippen LogP contribution is -2.41. The monoisotopic (exact) mass is 438 g/mol. The quantitative estimate of drug-likeness (QED) is 0.795. The molecule has 2 heterocycles. The van der Waals surface area contributed by atoms with Gasteiger partial charge in [0.2, 0.25) is 0 Å². The van der Waals surface area contributed by atoms with E-state index in [0.717, 1.165) is 10.0 Å². The number of hydrogen-bond acceptors (Lipinski definition) is 5. The molecular weight excluding hydrogens is 425 g/mol. The number of halogens is 4. The van der Waals surface area contributed by atoms with Gasteiger partial charge in [0.25, 0.3) is 0 Å². The van der Waals surface area contributed by atoms with Crippen LogP contribution >= 0.6 is 15.9 Å². The number of benzene rings is 2. The van der Waals surface area contributed by atoms with Crippen LogP contribution in [0.15, 0.2) is 63.0 Å². The van der Waals surface area contributed by atoms with Gasteiger partial charge in [0.15, 0.2) is 11.5 Å². The first-order chi connectivity index (χ1) is 12.8. The standard InChI is InChI=1S/C18H14BrF3N4O/c19-13-3-1-2-12(10-13)17(15-24-8-9-26(15)16(23)25-17)11-4-6-14(7-5-11)27-18(20,21)22/h1-7,10H,8-9H2,(H2,23,25). The van der Waals surface area contributed by atoms with Gasteiger partial charge in [-0.2, -0.15) is 0 Å². The van der Waals surface area contributed by atoms with E-state index in [2.05, 4.69) is 25.7 Å². The van der Waals surface area contributed by atoms with Crippen LogP contribution in [-0.2, 0) is 5.54 Å². The van der Waals surface area contributed by atoms with E-state index >= 15 is 0 Å². The summed E-state index contributed by atoms with van der Waals surface area (Å²) in [5.41, 5.74) is 6.58. The number of rotatable bonds is 3. The largest absolute Gasteiger partial charge is 0.573 e. The Hall–Kier alpha value is -2.55. The molecule has 2 aromatic rings. The summed E-state index contributed by atoms with van der Waals surface area (Å²) in [5.74, 6) is 0.709. The summed E-state index contributed by atoms with van der Waals surface area (Å²) in [6, 6.07) is 13.2. The molecule has 5 nitrogen and oxygen atoms in total. The summed E-state index contributed by atoms with van der Waals surface area (Å²) in [6.45, 7) is 1.20. The fourth-order valence-electron chi connectivity index (χ4n) is 3.43. The maximum Gasteiger partial charge on any atom is 0.573 e. The molecule has 0 saturated carbocycles. The van der Waals surface area contributed by atoms with Crippen molar-refractivity contribution >= 4 is 27.7 Å². The summed E-state index contributed by atoms with van der Waals surface area (Å²) >= 11 is 3.46. The Kier molecular flexibility index (Phi) is 4.14. The minimum Gasteiger partial charge on any atom is -0.406 e. The molecule has 2 aliphatic rings. The zero-order chi connectivity index (χ0) is 19.2. The van der Waals surface area contributed by atoms with Gasteiger partial charge in [-0.15, -0.1) is 13.2 Å². The van der Waals surface area contributed by atoms with Crippen LogP contribution in [0.5, 0.6) is 5.75 Å². The Labute approximate surface area is 161 Å². The fraction of sp³-hybridized carbons (Fsp3) is 0.222. The highest BCUT2D eigenvalue weighted by Crippen LogP contribution is 2.42. The van der Waals surface area contributed by atoms with Gasteiger partial charge in [-0.25, -0.2) is 4.99 Å². The molecule has 1 unspecified atom stereocenters. The molecule has 0 spiro atoms. The van der Waals surface area contributed by atoms with Crippen molar-refractivity contribution in [2.45, 2.75) is 11.9 Å². The van der Waals surface area contributed by atoms with Gasteiger partial charge in [0, 0.05) is 11.0 Å². The van der Waals surface area contributed by atoms with Crippen LogP contribution < -0.4 is 10.5 Å². The molecule has 2 N–H and O–H groups in total. The van der Waals surface area contributed by atoms with E-state index in [1.54, 1.807) is 12.1 Å². The molecule has 2 aliphatic heterocycles. The average Bonchev–Trinajstić information content (AvgIpc) is 3.18. The molecule has 0 saturated heterocycles. The van der Waals surface area contributed by atoms with Crippen LogP contribution in [0.25, 0.3) is 0 Å². The Balaban J connectivity index is 1.85. The van der Waals surface area contributed by atoms with E-state index in [-0.39, 0.29) is 5.75 Å². The third kappa shape index (κ3) is 3.05. The fourth-order valence-corrected chi connectivity index (χ4v) is 3.83. The molecule has 9 heteroatoms. The molecule has 0 bridgehead atoms. The number of alkyl halides is 3. The van der Waals surface area contributed by atoms with Crippen molar-refractivity contribution in [3.05, 3.63) is 64.1 Å². The van der Waals surface area contributed by atoms with Crippen LogP contribution in [-0.4, -0.2) is 36.1 Å². The van der Waals surface area contributed by atoms with Crippen LogP contribution in [0.3, 0.4) is 0 Å². The number of nitrogens with two attached hydrogens (primary N) is 1. The van der Waals surface area contributed by atoms with E-state index in [4.69, 9.17) is 10.7 Å². The lowest BCUT2D eigenvalue weighted by molar-refractivity contribution is -0.274. The summed E-state index contributed by atoms with van der Waals surface area (Å²) in [5, 5.41) is 0. The molecule has 4 rings (SSSR count). The van der Waals surface area contributed by atoms with Gasteiger partial charge in [0.1, 0.15) is 11.6 Å². The van der Waals surface area contributed by atoms with Crippen LogP contribution in [0.2, 0.25) is 0 Å². The zero-order valence-electron chi connectivity index (χ0n) is 13.9. The van der Waals surface area contributed by atoms with Gasteiger partial charge in [0.05, 0.1) is 6.54 Å². The SMILES string of the molecule is NC1=NC(c2ccc(OC(F)(F)F)cc2)(c2cccc(Br)c2)C2=NCCN12. The predicted octanol–water partition coefficient (Wildman–Crippen LogP) is 3.63. The minimum absolute atomic E-state index is 0.296. The Bertz CT molecular complexity index is 942. The number of hydrogen-bond donors (Lipinski definition) is 1. The summed E-state index contributed by atoms with van der Waals surface area (Å²) < 4.78 is 42.2. The minimum atomic E-state index is -4.74. The molecule has 0 radical (unpaired) electrons. The summed E-state index contributed by atoms with van der Waals surface area (Å²) in [7, 11) is 0. The van der Waals surface area contributed by atoms with Crippen molar-refractivity contribution in [2.24, 2.45) is 15.7 Å². The maximum absolute atomic E-state index is 12.5. The number of amidine groups is 1. The van der Waals surface area contributed by atoms with Crippen LogP contribution in [0.1, 0.15) is 11.1 Å². The normalized spacial score (nSPS) is 21.7. The average molecular weight is 439 g/mol. The van der Waals surface area contributed by atoms with E-state index in [0.29, 0.717) is 30.4 Å². The number of guanidine groups is 1. The number of nitrogens with zero attached hydrogens (tertiary/aromatic N) is 3. The molecule has 0 amide bonds. The molecule has 0 aliphatic carbocycles. The third-order valence-electron chi connectivity index (χ3n) is 4.47. The molecular formula is C18H14BrF3N4O. The van der Waals surface area contributed by atoms with Gasteiger partial charge in [-0.3, -0.25) is 9.89 Å². The molecule has 1 atom stereocenters. The molecule has 27 heavy (non-hydrogen) atoms. The smallest absolute Gasteiger partial charge is 0.406 e. The molecule has 2 aromatic carbocycles. The Morgan fingerprint density at radius 2 is 1.85 bits per heavy atom. The van der Waals surface area contributed by atoms with E-state index in [1.807, 2.05) is 29.2 Å². The highest BCUT2D eigenvalue weighted by atomic mass is 79.9. The van der Waals surface area contributed by atoms with Crippen molar-refractivity contribution in [3.63, 3.8) is 0 Å². The highest BCUT2D eigenvalue weighted by Gasteiger charge is 2.50. The second-order valence-electron chi connectivity index (χ2n) is 6.12. The summed E-state index contributed by atoms with van der Waals surface area (Å²) in [6.07, 6.45) is -4.74. The maximum atomic E-state index is 12.5. The zero-order valence-corrected chi connectivity index (χ0v) is 15.5. The summed E-state index contributed by atoms with van der Waals surface area (Å²) in [4.78, 5) is 11.1. The van der Waals surface area contributed by atoms with Crippen LogP contribution in [0, 0.1) is 0 Å². The Morgan fingerprint density at radius 3 is 2.52 bits per heavy atom. The predicted molar refractivity (Wildman–Crippen MR) is 98.7 cm³/mol. The van der Waals surface area contributed by atoms with Crippen molar-refractivity contribution in [1.29, 1.82) is 0 Å². The van der Waals surface area contributed by atoms with Gasteiger partial charge >= 0.3 is 6.36 Å². The van der Waals surface area contributed by atoms with Crippen LogP contribution in [0.4, 0.5) is 13.2 Å². The number of fused-ring (bicyclic) bond motifs is 1. The van der Waals surface area contributed by atoms with Gasteiger partial charge in [-0.1, -0.05) is 40.2 Å². The second-order valence-corrected chi connectivity index (χ2v) is 7.04. The molecule has 0 aromatic heterocycles. The first kappa shape index (κ1) is 17.8. The lowest BCUT2D eigenvalue weighted by Gasteiger charge is -2.28. The number of aliphatic imine (C=N–C) groups is 2. The van der Waals surface area contributed by atoms with Gasteiger partial charge in [-0.05, 0) is 35.4 Å². The van der Waals surface area contributed by atoms with E-state index < -0.39 is 11.9 Å². The van der Waals surface area contributed by atoms with E-state index in [1.165, 1.54) is 12.1 Å². The first-order valence-corrected chi connectivity index (χ1v) is 8.89. The van der Waals surface area contributed by atoms with Crippen molar-refractivity contribution in [2.75, 3.05) is 13.1 Å². The first-order valence-electron chi connectivity index (χ1n) is 8.10.